The number of phenols is 1. The van der Waals surface area contributed by atoms with Gasteiger partial charge in [-0.2, -0.15) is 0 Å². The summed E-state index contributed by atoms with van der Waals surface area (Å²) in [5.74, 6) is -0.245. The van der Waals surface area contributed by atoms with Crippen molar-refractivity contribution in [1.82, 2.24) is 0 Å². The molecule has 2 aromatic rings. The van der Waals surface area contributed by atoms with E-state index in [0.29, 0.717) is 12.1 Å². The van der Waals surface area contributed by atoms with E-state index < -0.39 is 0 Å². The number of benzene rings is 2. The van der Waals surface area contributed by atoms with Crippen LogP contribution in [0.4, 0.5) is 10.1 Å². The zero-order chi connectivity index (χ0) is 13.8. The van der Waals surface area contributed by atoms with Gasteiger partial charge in [0.05, 0.1) is 0 Å². The molecule has 0 bridgehead atoms. The molecule has 19 heavy (non-hydrogen) atoms. The molecule has 0 fully saturated rings. The lowest BCUT2D eigenvalue weighted by Crippen LogP contribution is -2.02. The average Bonchev–Trinajstić information content (AvgIpc) is 2.40. The summed E-state index contributed by atoms with van der Waals surface area (Å²) in [4.78, 5) is 0. The number of nitrogens with one attached hydrogen (secondary N) is 1. The van der Waals surface area contributed by atoms with E-state index >= 15 is 0 Å². The summed E-state index contributed by atoms with van der Waals surface area (Å²) in [6, 6.07) is 9.93. The molecule has 0 radical (unpaired) electrons. The summed E-state index contributed by atoms with van der Waals surface area (Å²) < 4.78 is 14.2. The highest BCUT2D eigenvalue weighted by molar-refractivity contribution is 9.10. The second-order valence-corrected chi connectivity index (χ2v) is 5.20. The van der Waals surface area contributed by atoms with Crippen LogP contribution in [0.25, 0.3) is 0 Å². The number of aromatic hydroxyl groups is 1. The van der Waals surface area contributed by atoms with Crippen molar-refractivity contribution in [2.75, 3.05) is 5.32 Å². The molecule has 0 amide bonds. The largest absolute Gasteiger partial charge is 0.508 e. The van der Waals surface area contributed by atoms with Gasteiger partial charge in [-0.3, -0.25) is 0 Å². The summed E-state index contributed by atoms with van der Waals surface area (Å²) >= 11 is 3.44. The summed E-state index contributed by atoms with van der Waals surface area (Å²) in [5.41, 5.74) is 2.71. The van der Waals surface area contributed by atoms with Gasteiger partial charge in [0.1, 0.15) is 11.6 Å². The first kappa shape index (κ1) is 13.9. The number of aryl methyl sites for hydroxylation is 1. The number of rotatable bonds is 4. The lowest BCUT2D eigenvalue weighted by molar-refractivity contribution is 0.466. The topological polar surface area (TPSA) is 32.3 Å². The van der Waals surface area contributed by atoms with Crippen LogP contribution in [0.1, 0.15) is 18.1 Å². The molecule has 0 aliphatic rings. The van der Waals surface area contributed by atoms with Crippen molar-refractivity contribution in [3.63, 3.8) is 0 Å². The van der Waals surface area contributed by atoms with Gasteiger partial charge in [-0.1, -0.05) is 22.9 Å². The molecule has 100 valence electrons. The molecule has 0 atom stereocenters. The van der Waals surface area contributed by atoms with E-state index in [2.05, 4.69) is 28.2 Å². The Hall–Kier alpha value is -1.55. The fraction of sp³-hybridized carbons (Fsp3) is 0.200. The standard InChI is InChI=1S/C15H15BrFNO/c1-2-10-7-12(16)3-5-14(10)18-9-11-8-13(17)4-6-15(11)19/h3-8,18-19H,2,9H2,1H3. The minimum atomic E-state index is -0.346. The van der Waals surface area contributed by atoms with Gasteiger partial charge in [-0.05, 0) is 48.4 Å². The van der Waals surface area contributed by atoms with Gasteiger partial charge in [0, 0.05) is 22.3 Å². The maximum absolute atomic E-state index is 13.1. The van der Waals surface area contributed by atoms with Gasteiger partial charge in [-0.25, -0.2) is 4.39 Å². The first-order valence-corrected chi connectivity index (χ1v) is 6.89. The Morgan fingerprint density at radius 2 is 1.95 bits per heavy atom. The Morgan fingerprint density at radius 3 is 2.68 bits per heavy atom. The van der Waals surface area contributed by atoms with Crippen molar-refractivity contribution in [3.05, 3.63) is 57.8 Å². The van der Waals surface area contributed by atoms with Crippen LogP contribution in [0.3, 0.4) is 0 Å². The molecule has 0 heterocycles. The molecular formula is C15H15BrFNO. The molecule has 4 heteroatoms. The van der Waals surface area contributed by atoms with Crippen LogP contribution in [0.5, 0.6) is 5.75 Å². The van der Waals surface area contributed by atoms with Crippen molar-refractivity contribution < 1.29 is 9.50 Å². The Bertz CT molecular complexity index is 586. The van der Waals surface area contributed by atoms with E-state index in [1.165, 1.54) is 23.8 Å². The Balaban J connectivity index is 2.16. The van der Waals surface area contributed by atoms with Gasteiger partial charge >= 0.3 is 0 Å². The lowest BCUT2D eigenvalue weighted by Gasteiger charge is -2.12. The highest BCUT2D eigenvalue weighted by atomic mass is 79.9. The summed E-state index contributed by atoms with van der Waals surface area (Å²) in [7, 11) is 0. The number of anilines is 1. The van der Waals surface area contributed by atoms with Gasteiger partial charge in [0.2, 0.25) is 0 Å². The van der Waals surface area contributed by atoms with Crippen molar-refractivity contribution in [1.29, 1.82) is 0 Å². The first-order chi connectivity index (χ1) is 9.10. The van der Waals surface area contributed by atoms with Gasteiger partial charge in [0.15, 0.2) is 0 Å². The smallest absolute Gasteiger partial charge is 0.123 e. The normalized spacial score (nSPS) is 10.5. The molecule has 2 rings (SSSR count). The first-order valence-electron chi connectivity index (χ1n) is 6.10. The third kappa shape index (κ3) is 3.47. The minimum Gasteiger partial charge on any atom is -0.508 e. The fourth-order valence-electron chi connectivity index (χ4n) is 1.91. The van der Waals surface area contributed by atoms with E-state index in [4.69, 9.17) is 0 Å². The van der Waals surface area contributed by atoms with Crippen molar-refractivity contribution >= 4 is 21.6 Å². The van der Waals surface area contributed by atoms with Crippen molar-refractivity contribution in [3.8, 4) is 5.75 Å². The van der Waals surface area contributed by atoms with Gasteiger partial charge < -0.3 is 10.4 Å². The SMILES string of the molecule is CCc1cc(Br)ccc1NCc1cc(F)ccc1O. The minimum absolute atomic E-state index is 0.101. The number of hydrogen-bond donors (Lipinski definition) is 2. The predicted molar refractivity (Wildman–Crippen MR) is 78.9 cm³/mol. The van der Waals surface area contributed by atoms with Crippen molar-refractivity contribution in [2.45, 2.75) is 19.9 Å². The van der Waals surface area contributed by atoms with Crippen LogP contribution in [0.15, 0.2) is 40.9 Å². The molecule has 2 aromatic carbocycles. The number of halogens is 2. The van der Waals surface area contributed by atoms with Crippen LogP contribution < -0.4 is 5.32 Å². The molecule has 0 aliphatic heterocycles. The zero-order valence-corrected chi connectivity index (χ0v) is 12.2. The van der Waals surface area contributed by atoms with E-state index in [-0.39, 0.29) is 11.6 Å². The Morgan fingerprint density at radius 1 is 1.16 bits per heavy atom. The van der Waals surface area contributed by atoms with Crippen LogP contribution >= 0.6 is 15.9 Å². The monoisotopic (exact) mass is 323 g/mol. The second-order valence-electron chi connectivity index (χ2n) is 4.28. The zero-order valence-electron chi connectivity index (χ0n) is 10.6. The van der Waals surface area contributed by atoms with Gasteiger partial charge in [-0.15, -0.1) is 0 Å². The van der Waals surface area contributed by atoms with Crippen LogP contribution in [-0.4, -0.2) is 5.11 Å². The summed E-state index contributed by atoms with van der Waals surface area (Å²) in [6.07, 6.45) is 0.900. The van der Waals surface area contributed by atoms with E-state index in [0.717, 1.165) is 16.6 Å². The molecule has 0 unspecified atom stereocenters. The average molecular weight is 324 g/mol. The highest BCUT2D eigenvalue weighted by Gasteiger charge is 2.05. The lowest BCUT2D eigenvalue weighted by atomic mass is 10.1. The number of hydrogen-bond acceptors (Lipinski definition) is 2. The molecular weight excluding hydrogens is 309 g/mol. The van der Waals surface area contributed by atoms with Crippen LogP contribution in [0.2, 0.25) is 0 Å². The molecule has 2 nitrogen and oxygen atoms in total. The second kappa shape index (κ2) is 6.06. The van der Waals surface area contributed by atoms with Gasteiger partial charge in [0.25, 0.3) is 0 Å². The summed E-state index contributed by atoms with van der Waals surface area (Å²) in [6.45, 7) is 2.46. The maximum Gasteiger partial charge on any atom is 0.123 e. The van der Waals surface area contributed by atoms with E-state index in [1.54, 1.807) is 0 Å². The Labute approximate surface area is 120 Å². The molecule has 0 aliphatic carbocycles. The molecule has 0 saturated heterocycles. The highest BCUT2D eigenvalue weighted by Crippen LogP contribution is 2.24. The van der Waals surface area contributed by atoms with Crippen LogP contribution in [0, 0.1) is 5.82 Å². The predicted octanol–water partition coefficient (Wildman–Crippen LogP) is 4.47. The molecule has 2 N–H and O–H groups in total. The molecule has 0 spiro atoms. The molecule has 0 saturated carbocycles. The number of phenolic OH excluding ortho intramolecular Hbond substituents is 1. The summed E-state index contributed by atoms with van der Waals surface area (Å²) in [5, 5.41) is 12.9. The van der Waals surface area contributed by atoms with E-state index in [9.17, 15) is 9.50 Å². The third-order valence-electron chi connectivity index (χ3n) is 2.96. The molecule has 0 aromatic heterocycles. The van der Waals surface area contributed by atoms with Crippen LogP contribution in [-0.2, 0) is 13.0 Å². The van der Waals surface area contributed by atoms with Crippen molar-refractivity contribution in [2.24, 2.45) is 0 Å². The maximum atomic E-state index is 13.1. The third-order valence-corrected chi connectivity index (χ3v) is 3.45. The van der Waals surface area contributed by atoms with E-state index in [1.807, 2.05) is 18.2 Å². The quantitative estimate of drug-likeness (QED) is 0.870. The fourth-order valence-corrected chi connectivity index (χ4v) is 2.32. The Kier molecular flexibility index (Phi) is 4.43.